The van der Waals surface area contributed by atoms with Crippen LogP contribution in [0.5, 0.6) is 5.75 Å². The zero-order valence-corrected chi connectivity index (χ0v) is 18.6. The fourth-order valence-corrected chi connectivity index (χ4v) is 4.17. The molecule has 1 aromatic heterocycles. The van der Waals surface area contributed by atoms with Crippen molar-refractivity contribution in [3.8, 4) is 16.9 Å². The van der Waals surface area contributed by atoms with Gasteiger partial charge in [-0.05, 0) is 43.5 Å². The van der Waals surface area contributed by atoms with Gasteiger partial charge in [0.25, 0.3) is 5.91 Å². The molecule has 0 radical (unpaired) electrons. The number of halogens is 1. The molecule has 1 amide bonds. The number of rotatable bonds is 9. The van der Waals surface area contributed by atoms with Crippen LogP contribution in [-0.2, 0) is 13.0 Å². The number of carbonyl (C=O) groups is 1. The first-order chi connectivity index (χ1) is 14.5. The molecule has 0 fully saturated rings. The number of aromatic nitrogens is 1. The molecule has 2 aromatic carbocycles. The SMILES string of the molecule is CCCCCc1c(-c2ccc(Cl)cc2)c(C(N)=O)c(C)n1Cc1ccccc1OC. The van der Waals surface area contributed by atoms with E-state index in [2.05, 4.69) is 17.6 Å². The van der Waals surface area contributed by atoms with Crippen molar-refractivity contribution in [2.45, 2.75) is 46.1 Å². The van der Waals surface area contributed by atoms with Gasteiger partial charge in [-0.2, -0.15) is 0 Å². The van der Waals surface area contributed by atoms with Gasteiger partial charge in [0.15, 0.2) is 0 Å². The molecule has 0 aliphatic carbocycles. The van der Waals surface area contributed by atoms with Gasteiger partial charge < -0.3 is 15.0 Å². The summed E-state index contributed by atoms with van der Waals surface area (Å²) in [4.78, 5) is 12.5. The van der Waals surface area contributed by atoms with E-state index in [0.717, 1.165) is 59.5 Å². The average molecular weight is 425 g/mol. The van der Waals surface area contributed by atoms with E-state index in [9.17, 15) is 4.79 Å². The summed E-state index contributed by atoms with van der Waals surface area (Å²) in [6, 6.07) is 15.6. The molecular weight excluding hydrogens is 396 g/mol. The second kappa shape index (κ2) is 9.86. The number of primary amides is 1. The van der Waals surface area contributed by atoms with E-state index >= 15 is 0 Å². The molecule has 1 heterocycles. The van der Waals surface area contributed by atoms with Gasteiger partial charge in [0.05, 0.1) is 19.2 Å². The fourth-order valence-electron chi connectivity index (χ4n) is 4.05. The highest BCUT2D eigenvalue weighted by molar-refractivity contribution is 6.30. The molecular formula is C25H29ClN2O2. The lowest BCUT2D eigenvalue weighted by molar-refractivity contribution is 0.1000. The van der Waals surface area contributed by atoms with Gasteiger partial charge in [-0.3, -0.25) is 4.79 Å². The Balaban J connectivity index is 2.20. The van der Waals surface area contributed by atoms with Crippen LogP contribution in [0.25, 0.3) is 11.1 Å². The third-order valence-corrected chi connectivity index (χ3v) is 5.80. The number of nitrogens with two attached hydrogens (primary N) is 1. The maximum Gasteiger partial charge on any atom is 0.251 e. The summed E-state index contributed by atoms with van der Waals surface area (Å²) in [6.45, 7) is 4.78. The van der Waals surface area contributed by atoms with Crippen LogP contribution in [0.1, 0.15) is 53.5 Å². The molecule has 30 heavy (non-hydrogen) atoms. The summed E-state index contributed by atoms with van der Waals surface area (Å²) in [7, 11) is 1.68. The minimum Gasteiger partial charge on any atom is -0.496 e. The molecule has 0 atom stereocenters. The summed E-state index contributed by atoms with van der Waals surface area (Å²) < 4.78 is 7.78. The number of unbranched alkanes of at least 4 members (excludes halogenated alkanes) is 2. The van der Waals surface area contributed by atoms with Crippen molar-refractivity contribution in [3.63, 3.8) is 0 Å². The van der Waals surface area contributed by atoms with Gasteiger partial charge in [-0.15, -0.1) is 0 Å². The number of ether oxygens (including phenoxy) is 1. The Hall–Kier alpha value is -2.72. The van der Waals surface area contributed by atoms with E-state index in [1.807, 2.05) is 49.4 Å². The van der Waals surface area contributed by atoms with Crippen LogP contribution in [0.3, 0.4) is 0 Å². The number of amides is 1. The predicted molar refractivity (Wildman–Crippen MR) is 123 cm³/mol. The van der Waals surface area contributed by atoms with E-state index in [0.29, 0.717) is 17.1 Å². The quantitative estimate of drug-likeness (QED) is 0.428. The molecule has 0 unspecified atom stereocenters. The van der Waals surface area contributed by atoms with Gasteiger partial charge in [0.2, 0.25) is 0 Å². The zero-order chi connectivity index (χ0) is 21.7. The van der Waals surface area contributed by atoms with Crippen LogP contribution >= 0.6 is 11.6 Å². The third-order valence-electron chi connectivity index (χ3n) is 5.55. The van der Waals surface area contributed by atoms with Crippen LogP contribution in [0, 0.1) is 6.92 Å². The molecule has 0 saturated carbocycles. The van der Waals surface area contributed by atoms with Crippen molar-refractivity contribution in [3.05, 3.63) is 76.1 Å². The summed E-state index contributed by atoms with van der Waals surface area (Å²) in [5.74, 6) is 0.423. The second-order valence-corrected chi connectivity index (χ2v) is 7.94. The van der Waals surface area contributed by atoms with E-state index < -0.39 is 5.91 Å². The van der Waals surface area contributed by atoms with Crippen molar-refractivity contribution in [1.82, 2.24) is 4.57 Å². The Morgan fingerprint density at radius 3 is 2.43 bits per heavy atom. The number of benzene rings is 2. The Kier molecular flexibility index (Phi) is 7.22. The van der Waals surface area contributed by atoms with Crippen molar-refractivity contribution >= 4 is 17.5 Å². The van der Waals surface area contributed by atoms with Gasteiger partial charge in [0.1, 0.15) is 5.75 Å². The van der Waals surface area contributed by atoms with Crippen LogP contribution < -0.4 is 10.5 Å². The van der Waals surface area contributed by atoms with Gasteiger partial charge >= 0.3 is 0 Å². The number of methoxy groups -OCH3 is 1. The summed E-state index contributed by atoms with van der Waals surface area (Å²) in [6.07, 6.45) is 4.18. The van der Waals surface area contributed by atoms with Gasteiger partial charge in [-0.25, -0.2) is 0 Å². The molecule has 2 N–H and O–H groups in total. The highest BCUT2D eigenvalue weighted by Gasteiger charge is 2.25. The maximum absolute atomic E-state index is 12.5. The molecule has 3 rings (SSSR count). The van der Waals surface area contributed by atoms with E-state index in [4.69, 9.17) is 22.1 Å². The number of hydrogen-bond donors (Lipinski definition) is 1. The standard InChI is InChI=1S/C25H29ClN2O2/c1-4-5-6-10-21-24(18-12-14-20(26)15-13-18)23(25(27)29)17(2)28(21)16-19-9-7-8-11-22(19)30-3/h7-9,11-15H,4-6,10,16H2,1-3H3,(H2,27,29). The van der Waals surface area contributed by atoms with Gasteiger partial charge in [0, 0.05) is 27.5 Å². The van der Waals surface area contributed by atoms with Gasteiger partial charge in [-0.1, -0.05) is 61.7 Å². The minimum absolute atomic E-state index is 0.409. The predicted octanol–water partition coefficient (Wildman–Crippen LogP) is 6.01. The molecule has 0 saturated heterocycles. The Morgan fingerprint density at radius 1 is 1.10 bits per heavy atom. The molecule has 158 valence electrons. The molecule has 0 aliphatic heterocycles. The Labute approximate surface area is 183 Å². The molecule has 4 nitrogen and oxygen atoms in total. The van der Waals surface area contributed by atoms with Crippen LogP contribution in [0.15, 0.2) is 48.5 Å². The topological polar surface area (TPSA) is 57.2 Å². The lowest BCUT2D eigenvalue weighted by atomic mass is 9.97. The molecule has 5 heteroatoms. The first-order valence-corrected chi connectivity index (χ1v) is 10.7. The van der Waals surface area contributed by atoms with Crippen LogP contribution in [-0.4, -0.2) is 17.6 Å². The molecule has 0 bridgehead atoms. The van der Waals surface area contributed by atoms with Crippen molar-refractivity contribution in [1.29, 1.82) is 0 Å². The lowest BCUT2D eigenvalue weighted by Crippen LogP contribution is -2.13. The number of para-hydroxylation sites is 1. The Bertz CT molecular complexity index is 1020. The highest BCUT2D eigenvalue weighted by atomic mass is 35.5. The summed E-state index contributed by atoms with van der Waals surface area (Å²) in [5, 5.41) is 0.664. The fraction of sp³-hybridized carbons (Fsp3) is 0.320. The molecule has 3 aromatic rings. The van der Waals surface area contributed by atoms with Crippen molar-refractivity contribution in [2.75, 3.05) is 7.11 Å². The first kappa shape index (κ1) is 22.0. The average Bonchev–Trinajstić information content (AvgIpc) is 3.01. The number of hydrogen-bond acceptors (Lipinski definition) is 2. The second-order valence-electron chi connectivity index (χ2n) is 7.51. The summed E-state index contributed by atoms with van der Waals surface area (Å²) in [5.41, 5.74) is 11.4. The largest absolute Gasteiger partial charge is 0.496 e. The maximum atomic E-state index is 12.5. The van der Waals surface area contributed by atoms with Crippen LogP contribution in [0.4, 0.5) is 0 Å². The zero-order valence-electron chi connectivity index (χ0n) is 17.9. The number of nitrogens with zero attached hydrogens (tertiary/aromatic N) is 1. The van der Waals surface area contributed by atoms with E-state index in [-0.39, 0.29) is 0 Å². The first-order valence-electron chi connectivity index (χ1n) is 10.4. The van der Waals surface area contributed by atoms with E-state index in [1.54, 1.807) is 7.11 Å². The monoisotopic (exact) mass is 424 g/mol. The number of carbonyl (C=O) groups excluding carboxylic acids is 1. The smallest absolute Gasteiger partial charge is 0.251 e. The normalized spacial score (nSPS) is 10.9. The van der Waals surface area contributed by atoms with Crippen molar-refractivity contribution in [2.24, 2.45) is 5.73 Å². The summed E-state index contributed by atoms with van der Waals surface area (Å²) >= 11 is 6.11. The van der Waals surface area contributed by atoms with Crippen molar-refractivity contribution < 1.29 is 9.53 Å². The molecule has 0 spiro atoms. The minimum atomic E-state index is -0.409. The van der Waals surface area contributed by atoms with E-state index in [1.165, 1.54) is 0 Å². The lowest BCUT2D eigenvalue weighted by Gasteiger charge is -2.15. The highest BCUT2D eigenvalue weighted by Crippen LogP contribution is 2.35. The third kappa shape index (κ3) is 4.54. The Morgan fingerprint density at radius 2 is 1.80 bits per heavy atom. The molecule has 0 aliphatic rings. The van der Waals surface area contributed by atoms with Crippen LogP contribution in [0.2, 0.25) is 5.02 Å².